The van der Waals surface area contributed by atoms with Gasteiger partial charge in [0.2, 0.25) is 0 Å². The van der Waals surface area contributed by atoms with Crippen molar-refractivity contribution in [3.05, 3.63) is 35.7 Å². The molecule has 3 heteroatoms. The molecule has 2 nitrogen and oxygen atoms in total. The molecule has 1 aliphatic heterocycles. The van der Waals surface area contributed by atoms with Crippen molar-refractivity contribution in [2.45, 2.75) is 6.10 Å². The first-order valence-electron chi connectivity index (χ1n) is 4.05. The number of rotatable bonds is 1. The van der Waals surface area contributed by atoms with E-state index < -0.39 is 0 Å². The first-order chi connectivity index (χ1) is 6.29. The quantitative estimate of drug-likeness (QED) is 0.711. The fraction of sp³-hybridized carbons (Fsp3) is 0.200. The van der Waals surface area contributed by atoms with Crippen LogP contribution >= 0.6 is 0 Å². The molecule has 13 heavy (non-hydrogen) atoms. The molecule has 0 saturated carbocycles. The van der Waals surface area contributed by atoms with Crippen LogP contribution in [0, 0.1) is 5.82 Å². The summed E-state index contributed by atoms with van der Waals surface area (Å²) in [7, 11) is 0. The van der Waals surface area contributed by atoms with E-state index in [2.05, 4.69) is 0 Å². The van der Waals surface area contributed by atoms with Crippen LogP contribution in [0.4, 0.5) is 4.39 Å². The first-order valence-corrected chi connectivity index (χ1v) is 4.05. The Labute approximate surface area is 75.3 Å². The second-order valence-corrected chi connectivity index (χ2v) is 2.88. The van der Waals surface area contributed by atoms with E-state index in [1.54, 1.807) is 18.2 Å². The van der Waals surface area contributed by atoms with Gasteiger partial charge in [0, 0.05) is 5.56 Å². The van der Waals surface area contributed by atoms with Crippen molar-refractivity contribution in [1.82, 2.24) is 0 Å². The van der Waals surface area contributed by atoms with Crippen LogP contribution in [0.25, 0.3) is 6.08 Å². The summed E-state index contributed by atoms with van der Waals surface area (Å²) in [5.41, 5.74) is 0.713. The van der Waals surface area contributed by atoms with Gasteiger partial charge >= 0.3 is 0 Å². The van der Waals surface area contributed by atoms with E-state index in [4.69, 9.17) is 9.84 Å². The highest BCUT2D eigenvalue weighted by Gasteiger charge is 2.13. The summed E-state index contributed by atoms with van der Waals surface area (Å²) in [6, 6.07) is 4.31. The maximum Gasteiger partial charge on any atom is 0.140 e. The number of aliphatic hydroxyl groups is 1. The van der Waals surface area contributed by atoms with Crippen molar-refractivity contribution in [2.24, 2.45) is 0 Å². The van der Waals surface area contributed by atoms with Gasteiger partial charge in [0.05, 0.1) is 6.61 Å². The number of hydrogen-bond donors (Lipinski definition) is 1. The molecule has 0 fully saturated rings. The fourth-order valence-electron chi connectivity index (χ4n) is 1.27. The number of ether oxygens (including phenoxy) is 1. The molecule has 0 radical (unpaired) electrons. The molecule has 1 unspecified atom stereocenters. The molecular formula is C10H9FO2. The molecule has 0 bridgehead atoms. The van der Waals surface area contributed by atoms with Crippen LogP contribution in [0.1, 0.15) is 5.56 Å². The first kappa shape index (κ1) is 8.26. The van der Waals surface area contributed by atoms with Gasteiger partial charge in [0.25, 0.3) is 0 Å². The largest absolute Gasteiger partial charge is 0.483 e. The summed E-state index contributed by atoms with van der Waals surface area (Å²) in [6.45, 7) is -0.0622. The van der Waals surface area contributed by atoms with Gasteiger partial charge in [0.1, 0.15) is 17.7 Å². The molecule has 1 aliphatic rings. The molecule has 0 saturated heterocycles. The molecule has 0 aromatic heterocycles. The highest BCUT2D eigenvalue weighted by atomic mass is 19.1. The van der Waals surface area contributed by atoms with Gasteiger partial charge < -0.3 is 9.84 Å². The van der Waals surface area contributed by atoms with E-state index in [0.29, 0.717) is 11.3 Å². The summed E-state index contributed by atoms with van der Waals surface area (Å²) in [5.74, 6) is 0.331. The van der Waals surface area contributed by atoms with E-state index in [1.807, 2.05) is 0 Å². The molecule has 2 rings (SSSR count). The Morgan fingerprint density at radius 3 is 3.08 bits per heavy atom. The van der Waals surface area contributed by atoms with Gasteiger partial charge in [0.15, 0.2) is 0 Å². The average molecular weight is 180 g/mol. The van der Waals surface area contributed by atoms with Crippen LogP contribution in [-0.2, 0) is 0 Å². The Kier molecular flexibility index (Phi) is 2.02. The van der Waals surface area contributed by atoms with Gasteiger partial charge in [-0.15, -0.1) is 0 Å². The van der Waals surface area contributed by atoms with Crippen molar-refractivity contribution < 1.29 is 14.2 Å². The second-order valence-electron chi connectivity index (χ2n) is 2.88. The summed E-state index contributed by atoms with van der Waals surface area (Å²) in [4.78, 5) is 0. The lowest BCUT2D eigenvalue weighted by atomic mass is 10.1. The third-order valence-corrected chi connectivity index (χ3v) is 1.92. The van der Waals surface area contributed by atoms with Crippen LogP contribution < -0.4 is 4.74 Å². The lowest BCUT2D eigenvalue weighted by Gasteiger charge is -2.19. The van der Waals surface area contributed by atoms with Crippen LogP contribution in [0.3, 0.4) is 0 Å². The van der Waals surface area contributed by atoms with Crippen LogP contribution in [0.15, 0.2) is 24.3 Å². The fourth-order valence-corrected chi connectivity index (χ4v) is 1.27. The van der Waals surface area contributed by atoms with E-state index >= 15 is 0 Å². The van der Waals surface area contributed by atoms with E-state index in [1.165, 1.54) is 12.1 Å². The minimum absolute atomic E-state index is 0.0622. The maximum atomic E-state index is 12.7. The normalized spacial score (nSPS) is 19.4. The Bertz CT molecular complexity index is 347. The van der Waals surface area contributed by atoms with Gasteiger partial charge in [-0.05, 0) is 24.3 Å². The topological polar surface area (TPSA) is 29.5 Å². The number of benzene rings is 1. The average Bonchev–Trinajstić information content (AvgIpc) is 2.17. The molecule has 1 aromatic carbocycles. The summed E-state index contributed by atoms with van der Waals surface area (Å²) < 4.78 is 18.1. The minimum atomic E-state index is -0.307. The Hall–Kier alpha value is -1.35. The molecule has 0 spiro atoms. The Balaban J connectivity index is 2.35. The third kappa shape index (κ3) is 1.55. The van der Waals surface area contributed by atoms with Crippen molar-refractivity contribution >= 4 is 6.08 Å². The van der Waals surface area contributed by atoms with Crippen molar-refractivity contribution in [2.75, 3.05) is 6.61 Å². The highest BCUT2D eigenvalue weighted by molar-refractivity contribution is 5.59. The molecule has 68 valence electrons. The minimum Gasteiger partial charge on any atom is -0.483 e. The van der Waals surface area contributed by atoms with Crippen molar-refractivity contribution in [3.8, 4) is 5.75 Å². The summed E-state index contributed by atoms with van der Waals surface area (Å²) in [5, 5.41) is 8.82. The maximum absolute atomic E-state index is 12.7. The van der Waals surface area contributed by atoms with E-state index in [9.17, 15) is 4.39 Å². The molecule has 0 amide bonds. The predicted molar refractivity (Wildman–Crippen MR) is 46.9 cm³/mol. The standard InChI is InChI=1S/C10H9FO2/c11-8-2-4-10-7(5-8)1-3-9(6-12)13-10/h1-5,9,12H,6H2. The summed E-state index contributed by atoms with van der Waals surface area (Å²) in [6.07, 6.45) is 3.16. The molecule has 1 heterocycles. The van der Waals surface area contributed by atoms with Crippen molar-refractivity contribution in [1.29, 1.82) is 0 Å². The zero-order valence-electron chi connectivity index (χ0n) is 6.90. The van der Waals surface area contributed by atoms with Crippen LogP contribution in [-0.4, -0.2) is 17.8 Å². The molecule has 0 aliphatic carbocycles. The SMILES string of the molecule is OCC1C=Cc2cc(F)ccc2O1. The lowest BCUT2D eigenvalue weighted by Crippen LogP contribution is -2.20. The van der Waals surface area contributed by atoms with E-state index in [0.717, 1.165) is 0 Å². The number of hydrogen-bond acceptors (Lipinski definition) is 2. The molecule has 1 aromatic rings. The summed E-state index contributed by atoms with van der Waals surface area (Å²) >= 11 is 0. The van der Waals surface area contributed by atoms with Gasteiger partial charge in [-0.1, -0.05) is 6.08 Å². The van der Waals surface area contributed by atoms with Gasteiger partial charge in [-0.3, -0.25) is 0 Å². The Morgan fingerprint density at radius 1 is 1.46 bits per heavy atom. The monoisotopic (exact) mass is 180 g/mol. The number of fused-ring (bicyclic) bond motifs is 1. The highest BCUT2D eigenvalue weighted by Crippen LogP contribution is 2.26. The zero-order chi connectivity index (χ0) is 9.26. The molecule has 1 atom stereocenters. The molecule has 1 N–H and O–H groups in total. The second kappa shape index (κ2) is 3.18. The van der Waals surface area contributed by atoms with Crippen LogP contribution in [0.5, 0.6) is 5.75 Å². The number of aliphatic hydroxyl groups excluding tert-OH is 1. The lowest BCUT2D eigenvalue weighted by molar-refractivity contribution is 0.148. The van der Waals surface area contributed by atoms with Gasteiger partial charge in [-0.2, -0.15) is 0 Å². The van der Waals surface area contributed by atoms with Crippen LogP contribution in [0.2, 0.25) is 0 Å². The Morgan fingerprint density at radius 2 is 2.31 bits per heavy atom. The van der Waals surface area contributed by atoms with E-state index in [-0.39, 0.29) is 18.5 Å². The number of halogens is 1. The van der Waals surface area contributed by atoms with Crippen molar-refractivity contribution in [3.63, 3.8) is 0 Å². The zero-order valence-corrected chi connectivity index (χ0v) is 6.90. The smallest absolute Gasteiger partial charge is 0.140 e. The van der Waals surface area contributed by atoms with Gasteiger partial charge in [-0.25, -0.2) is 4.39 Å². The third-order valence-electron chi connectivity index (χ3n) is 1.92. The predicted octanol–water partition coefficient (Wildman–Crippen LogP) is 1.59. The molecular weight excluding hydrogens is 171 g/mol.